The highest BCUT2D eigenvalue weighted by atomic mass is 19.2. The highest BCUT2D eigenvalue weighted by Crippen LogP contribution is 2.32. The van der Waals surface area contributed by atoms with Gasteiger partial charge in [-0.15, -0.1) is 0 Å². The van der Waals surface area contributed by atoms with Crippen molar-refractivity contribution in [1.82, 2.24) is 20.2 Å². The number of nitrogens with one attached hydrogen (secondary N) is 1. The number of fused-ring (bicyclic) bond motifs is 1. The molecule has 1 saturated heterocycles. The summed E-state index contributed by atoms with van der Waals surface area (Å²) in [7, 11) is 0. The van der Waals surface area contributed by atoms with Gasteiger partial charge in [0.2, 0.25) is 18.2 Å². The zero-order valence-corrected chi connectivity index (χ0v) is 24.0. The lowest BCUT2D eigenvalue weighted by atomic mass is 9.84. The summed E-state index contributed by atoms with van der Waals surface area (Å²) in [4.78, 5) is 42.4. The second-order valence-corrected chi connectivity index (χ2v) is 12.9. The molecule has 2 aliphatic heterocycles. The van der Waals surface area contributed by atoms with E-state index in [1.807, 2.05) is 25.7 Å². The molecule has 2 fully saturated rings. The van der Waals surface area contributed by atoms with Crippen LogP contribution in [0.3, 0.4) is 0 Å². The first-order chi connectivity index (χ1) is 19.0. The smallest absolute Gasteiger partial charge is 0.245 e. The van der Waals surface area contributed by atoms with E-state index in [1.54, 1.807) is 0 Å². The molecule has 2 heterocycles. The predicted octanol–water partition coefficient (Wildman–Crippen LogP) is 3.89. The van der Waals surface area contributed by atoms with E-state index in [1.165, 1.54) is 12.1 Å². The van der Waals surface area contributed by atoms with Crippen molar-refractivity contribution in [2.75, 3.05) is 26.2 Å². The number of hydrogen-bond donors (Lipinski definition) is 2. The number of hydroxylamine groups is 2. The lowest BCUT2D eigenvalue weighted by molar-refractivity contribution is -0.156. The molecule has 2 atom stereocenters. The summed E-state index contributed by atoms with van der Waals surface area (Å²) >= 11 is 0. The SMILES string of the molecule is CC(C)(C)[C@H](NC(=O)[C@H](CC1CCCC1)CN(O)C=O)C(=O)N1CCC(N2CCc3cc(F)c(F)cc3C2)CC1. The van der Waals surface area contributed by atoms with Crippen LogP contribution in [0.5, 0.6) is 0 Å². The number of benzene rings is 1. The van der Waals surface area contributed by atoms with Crippen molar-refractivity contribution in [3.63, 3.8) is 0 Å². The fraction of sp³-hybridized carbons (Fsp3) is 0.700. The molecule has 10 heteroatoms. The fourth-order valence-electron chi connectivity index (χ4n) is 6.61. The lowest BCUT2D eigenvalue weighted by Gasteiger charge is -2.42. The van der Waals surface area contributed by atoms with Gasteiger partial charge in [0, 0.05) is 32.2 Å². The summed E-state index contributed by atoms with van der Waals surface area (Å²) in [5.41, 5.74) is 1.14. The van der Waals surface area contributed by atoms with Gasteiger partial charge in [-0.1, -0.05) is 46.5 Å². The Balaban J connectivity index is 1.37. The molecule has 0 radical (unpaired) electrons. The van der Waals surface area contributed by atoms with E-state index < -0.39 is 29.0 Å². The van der Waals surface area contributed by atoms with E-state index in [4.69, 9.17) is 0 Å². The Morgan fingerprint density at radius 2 is 1.70 bits per heavy atom. The second kappa shape index (κ2) is 12.9. The van der Waals surface area contributed by atoms with Gasteiger partial charge in [0.25, 0.3) is 0 Å². The van der Waals surface area contributed by atoms with Crippen molar-refractivity contribution in [2.45, 2.75) is 90.8 Å². The highest BCUT2D eigenvalue weighted by Gasteiger charge is 2.39. The zero-order chi connectivity index (χ0) is 29.0. The largest absolute Gasteiger partial charge is 0.344 e. The van der Waals surface area contributed by atoms with Crippen LogP contribution < -0.4 is 5.32 Å². The monoisotopic (exact) mass is 562 g/mol. The standard InChI is InChI=1S/C30H44F2N4O4/c1-30(2,3)27(33-28(38)23(18-36(40)19-37)14-20-6-4-5-7-20)29(39)34-12-9-24(10-13-34)35-11-8-21-15-25(31)26(32)16-22(21)17-35/h15-16,19-20,23-24,27,40H,4-14,17-18H2,1-3H3,(H,33,38)/t23-,27-/m1/s1. The van der Waals surface area contributed by atoms with Crippen LogP contribution in [0.1, 0.15) is 76.8 Å². The molecule has 3 aliphatic rings. The molecule has 1 aromatic carbocycles. The summed E-state index contributed by atoms with van der Waals surface area (Å²) in [5, 5.41) is 13.3. The van der Waals surface area contributed by atoms with Crippen LogP contribution in [0.15, 0.2) is 12.1 Å². The van der Waals surface area contributed by atoms with Crippen LogP contribution in [-0.4, -0.2) is 76.6 Å². The molecule has 3 amide bonds. The van der Waals surface area contributed by atoms with E-state index in [0.717, 1.165) is 56.2 Å². The number of rotatable bonds is 9. The first-order valence-corrected chi connectivity index (χ1v) is 14.7. The number of halogens is 2. The minimum absolute atomic E-state index is 0.0994. The molecule has 0 bridgehead atoms. The molecule has 1 aliphatic carbocycles. The third-order valence-electron chi connectivity index (χ3n) is 8.97. The van der Waals surface area contributed by atoms with Crippen LogP contribution in [0.4, 0.5) is 8.78 Å². The molecule has 40 heavy (non-hydrogen) atoms. The van der Waals surface area contributed by atoms with Gasteiger partial charge in [0.05, 0.1) is 12.5 Å². The summed E-state index contributed by atoms with van der Waals surface area (Å²) in [6.45, 7) is 8.10. The molecule has 1 saturated carbocycles. The van der Waals surface area contributed by atoms with Crippen molar-refractivity contribution in [2.24, 2.45) is 17.3 Å². The van der Waals surface area contributed by atoms with Crippen LogP contribution >= 0.6 is 0 Å². The van der Waals surface area contributed by atoms with Gasteiger partial charge in [-0.05, 0) is 60.3 Å². The number of amides is 3. The predicted molar refractivity (Wildman–Crippen MR) is 146 cm³/mol. The van der Waals surface area contributed by atoms with Crippen molar-refractivity contribution >= 4 is 18.2 Å². The molecule has 0 aromatic heterocycles. The first-order valence-electron chi connectivity index (χ1n) is 14.7. The van der Waals surface area contributed by atoms with Crippen molar-refractivity contribution in [3.8, 4) is 0 Å². The number of piperidine rings is 1. The van der Waals surface area contributed by atoms with E-state index in [-0.39, 0.29) is 24.4 Å². The molecule has 0 spiro atoms. The number of carbonyl (C=O) groups is 3. The molecule has 2 N–H and O–H groups in total. The van der Waals surface area contributed by atoms with Gasteiger partial charge in [0.1, 0.15) is 6.04 Å². The van der Waals surface area contributed by atoms with Gasteiger partial charge < -0.3 is 10.2 Å². The average Bonchev–Trinajstić information content (AvgIpc) is 3.44. The maximum atomic E-state index is 13.8. The highest BCUT2D eigenvalue weighted by molar-refractivity contribution is 5.89. The maximum absolute atomic E-state index is 13.8. The normalized spacial score (nSPS) is 20.6. The quantitative estimate of drug-likeness (QED) is 0.271. The van der Waals surface area contributed by atoms with Crippen LogP contribution in [0, 0.1) is 28.9 Å². The molecule has 0 unspecified atom stereocenters. The first kappa shape index (κ1) is 30.4. The second-order valence-electron chi connectivity index (χ2n) is 12.9. The number of likely N-dealkylation sites (tertiary alicyclic amines) is 1. The average molecular weight is 563 g/mol. The Morgan fingerprint density at radius 3 is 2.30 bits per heavy atom. The van der Waals surface area contributed by atoms with E-state index >= 15 is 0 Å². The van der Waals surface area contributed by atoms with Gasteiger partial charge >= 0.3 is 0 Å². The molecular weight excluding hydrogens is 518 g/mol. The van der Waals surface area contributed by atoms with Crippen LogP contribution in [-0.2, 0) is 27.3 Å². The minimum atomic E-state index is -0.820. The molecule has 8 nitrogen and oxygen atoms in total. The zero-order valence-electron chi connectivity index (χ0n) is 24.0. The van der Waals surface area contributed by atoms with E-state index in [0.29, 0.717) is 49.9 Å². The summed E-state index contributed by atoms with van der Waals surface area (Å²) in [6.07, 6.45) is 7.37. The van der Waals surface area contributed by atoms with Gasteiger partial charge in [-0.2, -0.15) is 0 Å². The minimum Gasteiger partial charge on any atom is -0.344 e. The Hall–Kier alpha value is -2.59. The summed E-state index contributed by atoms with van der Waals surface area (Å²) in [5.74, 6) is -2.29. The van der Waals surface area contributed by atoms with Gasteiger partial charge in [-0.25, -0.2) is 13.8 Å². The maximum Gasteiger partial charge on any atom is 0.245 e. The Labute approximate surface area is 236 Å². The Morgan fingerprint density at radius 1 is 1.07 bits per heavy atom. The van der Waals surface area contributed by atoms with Crippen LogP contribution in [0.25, 0.3) is 0 Å². The van der Waals surface area contributed by atoms with Crippen molar-refractivity contribution < 1.29 is 28.4 Å². The van der Waals surface area contributed by atoms with Gasteiger partial charge in [0.15, 0.2) is 11.6 Å². The summed E-state index contributed by atoms with van der Waals surface area (Å²) in [6, 6.07) is 2.10. The fourth-order valence-corrected chi connectivity index (χ4v) is 6.61. The molecule has 4 rings (SSSR count). The Bertz CT molecular complexity index is 1060. The van der Waals surface area contributed by atoms with E-state index in [9.17, 15) is 28.4 Å². The van der Waals surface area contributed by atoms with Gasteiger partial charge in [-0.3, -0.25) is 24.5 Å². The third-order valence-corrected chi connectivity index (χ3v) is 8.97. The van der Waals surface area contributed by atoms with Crippen molar-refractivity contribution in [1.29, 1.82) is 0 Å². The topological polar surface area (TPSA) is 93.2 Å². The lowest BCUT2D eigenvalue weighted by Crippen LogP contribution is -2.58. The molecule has 222 valence electrons. The summed E-state index contributed by atoms with van der Waals surface area (Å²) < 4.78 is 27.4. The Kier molecular flexibility index (Phi) is 9.82. The molecule has 1 aromatic rings. The van der Waals surface area contributed by atoms with E-state index in [2.05, 4.69) is 10.2 Å². The number of nitrogens with zero attached hydrogens (tertiary/aromatic N) is 3. The van der Waals surface area contributed by atoms with Crippen LogP contribution in [0.2, 0.25) is 0 Å². The van der Waals surface area contributed by atoms with Crippen molar-refractivity contribution in [3.05, 3.63) is 34.9 Å². The number of hydrogen-bond acceptors (Lipinski definition) is 5. The molecular formula is C30H44F2N4O4. The third kappa shape index (κ3) is 7.37. The number of carbonyl (C=O) groups excluding carboxylic acids is 3.